The van der Waals surface area contributed by atoms with Crippen molar-refractivity contribution < 1.29 is 14.3 Å². The van der Waals surface area contributed by atoms with E-state index in [0.29, 0.717) is 12.8 Å². The smallest absolute Gasteiger partial charge is 0.302 e. The Bertz CT molecular complexity index is 784. The number of esters is 1. The van der Waals surface area contributed by atoms with Crippen LogP contribution in [0.25, 0.3) is 0 Å². The normalized spacial score (nSPS) is 17.2. The summed E-state index contributed by atoms with van der Waals surface area (Å²) in [7, 11) is 1.86. The van der Waals surface area contributed by atoms with E-state index >= 15 is 0 Å². The van der Waals surface area contributed by atoms with E-state index in [4.69, 9.17) is 4.74 Å². The van der Waals surface area contributed by atoms with E-state index in [-0.39, 0.29) is 23.8 Å². The standard InChI is InChI=1S/C20H25N3O3/c1-14(24)26-19(11-5-3-4-9-16-13-23(2)22-21-16)18-12-15-8-6-7-10-17(15)20(18)25/h6-8,10,13,18-19H,3-5,9,11-12H2,1-2H3. The van der Waals surface area contributed by atoms with E-state index in [2.05, 4.69) is 10.3 Å². The van der Waals surface area contributed by atoms with Crippen molar-refractivity contribution in [3.05, 3.63) is 47.3 Å². The van der Waals surface area contributed by atoms with Crippen molar-refractivity contribution in [1.82, 2.24) is 15.0 Å². The van der Waals surface area contributed by atoms with Gasteiger partial charge in [-0.3, -0.25) is 14.3 Å². The minimum Gasteiger partial charge on any atom is -0.462 e. The Morgan fingerprint density at radius 2 is 2.12 bits per heavy atom. The van der Waals surface area contributed by atoms with Crippen molar-refractivity contribution in [2.24, 2.45) is 13.0 Å². The molecule has 6 heteroatoms. The van der Waals surface area contributed by atoms with Gasteiger partial charge in [0, 0.05) is 25.7 Å². The fourth-order valence-corrected chi connectivity index (χ4v) is 3.66. The van der Waals surface area contributed by atoms with E-state index in [1.807, 2.05) is 37.5 Å². The molecular weight excluding hydrogens is 330 g/mol. The molecular formula is C20H25N3O3. The molecule has 138 valence electrons. The van der Waals surface area contributed by atoms with Gasteiger partial charge in [0.15, 0.2) is 5.78 Å². The van der Waals surface area contributed by atoms with E-state index in [0.717, 1.165) is 42.5 Å². The summed E-state index contributed by atoms with van der Waals surface area (Å²) in [6.45, 7) is 1.41. The molecule has 0 spiro atoms. The van der Waals surface area contributed by atoms with Crippen LogP contribution in [0.1, 0.15) is 54.2 Å². The predicted octanol–water partition coefficient (Wildman–Crippen LogP) is 2.90. The lowest BCUT2D eigenvalue weighted by molar-refractivity contribution is -0.148. The third-order valence-electron chi connectivity index (χ3n) is 4.90. The zero-order valence-corrected chi connectivity index (χ0v) is 15.4. The summed E-state index contributed by atoms with van der Waals surface area (Å²) in [5.74, 6) is -0.471. The number of hydrogen-bond acceptors (Lipinski definition) is 5. The molecule has 3 rings (SSSR count). The van der Waals surface area contributed by atoms with Gasteiger partial charge in [-0.05, 0) is 37.7 Å². The summed E-state index contributed by atoms with van der Waals surface area (Å²) in [6.07, 6.45) is 6.77. The number of aryl methyl sites for hydroxylation is 2. The second-order valence-corrected chi connectivity index (χ2v) is 6.96. The zero-order valence-electron chi connectivity index (χ0n) is 15.4. The Balaban J connectivity index is 1.52. The van der Waals surface area contributed by atoms with Crippen LogP contribution in [-0.2, 0) is 29.4 Å². The number of ketones is 1. The highest BCUT2D eigenvalue weighted by molar-refractivity contribution is 6.02. The molecule has 0 saturated heterocycles. The third kappa shape index (κ3) is 4.36. The van der Waals surface area contributed by atoms with E-state index in [1.165, 1.54) is 6.92 Å². The quantitative estimate of drug-likeness (QED) is 0.538. The first kappa shape index (κ1) is 18.3. The van der Waals surface area contributed by atoms with Gasteiger partial charge in [-0.2, -0.15) is 0 Å². The summed E-state index contributed by atoms with van der Waals surface area (Å²) in [4.78, 5) is 24.2. The maximum atomic E-state index is 12.7. The van der Waals surface area contributed by atoms with Crippen molar-refractivity contribution in [3.63, 3.8) is 0 Å². The van der Waals surface area contributed by atoms with Crippen LogP contribution in [0, 0.1) is 5.92 Å². The first-order valence-electron chi connectivity index (χ1n) is 9.19. The molecule has 1 aliphatic carbocycles. The van der Waals surface area contributed by atoms with Crippen LogP contribution in [0.3, 0.4) is 0 Å². The van der Waals surface area contributed by atoms with Crippen molar-refractivity contribution in [2.45, 2.75) is 51.6 Å². The summed E-state index contributed by atoms with van der Waals surface area (Å²) in [5.41, 5.74) is 2.82. The Hall–Kier alpha value is -2.50. The van der Waals surface area contributed by atoms with Gasteiger partial charge in [0.1, 0.15) is 6.10 Å². The largest absolute Gasteiger partial charge is 0.462 e. The van der Waals surface area contributed by atoms with Gasteiger partial charge in [-0.15, -0.1) is 5.10 Å². The maximum Gasteiger partial charge on any atom is 0.302 e. The second kappa shape index (κ2) is 8.25. The molecule has 1 heterocycles. The molecule has 0 saturated carbocycles. The predicted molar refractivity (Wildman–Crippen MR) is 96.7 cm³/mol. The highest BCUT2D eigenvalue weighted by Crippen LogP contribution is 2.32. The molecule has 0 fully saturated rings. The molecule has 0 amide bonds. The molecule has 2 unspecified atom stereocenters. The maximum absolute atomic E-state index is 12.7. The van der Waals surface area contributed by atoms with Crippen LogP contribution in [0.4, 0.5) is 0 Å². The first-order valence-corrected chi connectivity index (χ1v) is 9.19. The Kier molecular flexibility index (Phi) is 5.81. The molecule has 0 bridgehead atoms. The lowest BCUT2D eigenvalue weighted by atomic mass is 9.93. The summed E-state index contributed by atoms with van der Waals surface area (Å²) >= 11 is 0. The average Bonchev–Trinajstić information content (AvgIpc) is 3.17. The van der Waals surface area contributed by atoms with Crippen LogP contribution in [0.5, 0.6) is 0 Å². The lowest BCUT2D eigenvalue weighted by Crippen LogP contribution is -2.30. The van der Waals surface area contributed by atoms with Crippen molar-refractivity contribution in [1.29, 1.82) is 0 Å². The van der Waals surface area contributed by atoms with E-state index in [1.54, 1.807) is 4.68 Å². The van der Waals surface area contributed by atoms with Crippen LogP contribution >= 0.6 is 0 Å². The molecule has 0 radical (unpaired) electrons. The van der Waals surface area contributed by atoms with E-state index in [9.17, 15) is 9.59 Å². The van der Waals surface area contributed by atoms with Gasteiger partial charge < -0.3 is 4.74 Å². The number of nitrogens with zero attached hydrogens (tertiary/aromatic N) is 3. The third-order valence-corrected chi connectivity index (χ3v) is 4.90. The van der Waals surface area contributed by atoms with Gasteiger partial charge in [-0.25, -0.2) is 0 Å². The van der Waals surface area contributed by atoms with Crippen molar-refractivity contribution >= 4 is 11.8 Å². The molecule has 6 nitrogen and oxygen atoms in total. The Morgan fingerprint density at radius 3 is 2.81 bits per heavy atom. The number of carbonyl (C=O) groups is 2. The molecule has 0 N–H and O–H groups in total. The molecule has 1 aliphatic rings. The monoisotopic (exact) mass is 355 g/mol. The zero-order chi connectivity index (χ0) is 18.5. The number of aromatic nitrogens is 3. The average molecular weight is 355 g/mol. The lowest BCUT2D eigenvalue weighted by Gasteiger charge is -2.22. The number of carbonyl (C=O) groups excluding carboxylic acids is 2. The van der Waals surface area contributed by atoms with Crippen LogP contribution in [0.2, 0.25) is 0 Å². The number of fused-ring (bicyclic) bond motifs is 1. The molecule has 1 aromatic carbocycles. The fourth-order valence-electron chi connectivity index (χ4n) is 3.66. The highest BCUT2D eigenvalue weighted by Gasteiger charge is 2.37. The summed E-state index contributed by atoms with van der Waals surface area (Å²) < 4.78 is 7.22. The van der Waals surface area contributed by atoms with Gasteiger partial charge >= 0.3 is 5.97 Å². The SMILES string of the molecule is CC(=O)OC(CCCCCc1cn(C)nn1)C1Cc2ccccc2C1=O. The number of ether oxygens (including phenoxy) is 1. The summed E-state index contributed by atoms with van der Waals surface area (Å²) in [5, 5.41) is 8.01. The van der Waals surface area contributed by atoms with Gasteiger partial charge in [0.05, 0.1) is 11.6 Å². The first-order chi connectivity index (χ1) is 12.5. The number of benzene rings is 1. The van der Waals surface area contributed by atoms with Crippen LogP contribution in [0.15, 0.2) is 30.5 Å². The van der Waals surface area contributed by atoms with Crippen LogP contribution < -0.4 is 0 Å². The highest BCUT2D eigenvalue weighted by atomic mass is 16.5. The van der Waals surface area contributed by atoms with Gasteiger partial charge in [0.2, 0.25) is 0 Å². The molecule has 2 atom stereocenters. The van der Waals surface area contributed by atoms with Gasteiger partial charge in [-0.1, -0.05) is 35.9 Å². The minimum absolute atomic E-state index is 0.103. The Morgan fingerprint density at radius 1 is 1.31 bits per heavy atom. The van der Waals surface area contributed by atoms with Gasteiger partial charge in [0.25, 0.3) is 0 Å². The fraction of sp³-hybridized carbons (Fsp3) is 0.500. The van der Waals surface area contributed by atoms with Crippen LogP contribution in [-0.4, -0.2) is 32.9 Å². The second-order valence-electron chi connectivity index (χ2n) is 6.96. The van der Waals surface area contributed by atoms with E-state index < -0.39 is 0 Å². The summed E-state index contributed by atoms with van der Waals surface area (Å²) in [6, 6.07) is 7.68. The number of rotatable bonds is 8. The number of unbranched alkanes of at least 4 members (excludes halogenated alkanes) is 2. The van der Waals surface area contributed by atoms with Crippen molar-refractivity contribution in [3.8, 4) is 0 Å². The van der Waals surface area contributed by atoms with Crippen molar-refractivity contribution in [2.75, 3.05) is 0 Å². The molecule has 26 heavy (non-hydrogen) atoms. The Labute approximate surface area is 153 Å². The minimum atomic E-state index is -0.344. The molecule has 2 aromatic rings. The molecule has 1 aromatic heterocycles. The topological polar surface area (TPSA) is 74.1 Å². The molecule has 0 aliphatic heterocycles. The number of Topliss-reactive ketones (excluding diaryl/α,β-unsaturated/α-hetero) is 1. The number of hydrogen-bond donors (Lipinski definition) is 0.